The SMILES string of the molecule is CC(C=CC1=C(C)CCCC1(C)C)=CC=CC(C)=CC(=O)Nc1ccc(C)c(O)c1. The minimum atomic E-state index is -0.219. The van der Waals surface area contributed by atoms with Gasteiger partial charge in [0.1, 0.15) is 5.75 Å². The molecule has 2 rings (SSSR count). The van der Waals surface area contributed by atoms with Crippen LogP contribution in [-0.2, 0) is 4.79 Å². The summed E-state index contributed by atoms with van der Waals surface area (Å²) < 4.78 is 0. The van der Waals surface area contributed by atoms with Crippen molar-refractivity contribution < 1.29 is 9.90 Å². The zero-order valence-electron chi connectivity index (χ0n) is 19.2. The minimum Gasteiger partial charge on any atom is -0.508 e. The average molecular weight is 406 g/mol. The molecule has 3 heteroatoms. The Kier molecular flexibility index (Phi) is 8.05. The van der Waals surface area contributed by atoms with Gasteiger partial charge in [0.15, 0.2) is 0 Å². The number of phenols is 1. The first kappa shape index (κ1) is 23.5. The second kappa shape index (κ2) is 10.3. The van der Waals surface area contributed by atoms with Crippen LogP contribution in [0.4, 0.5) is 5.69 Å². The van der Waals surface area contributed by atoms with Gasteiger partial charge in [-0.15, -0.1) is 0 Å². The largest absolute Gasteiger partial charge is 0.508 e. The molecule has 1 aliphatic rings. The normalized spacial score (nSPS) is 17.8. The summed E-state index contributed by atoms with van der Waals surface area (Å²) in [5.41, 5.74) is 6.57. The smallest absolute Gasteiger partial charge is 0.248 e. The highest BCUT2D eigenvalue weighted by molar-refractivity contribution is 6.00. The Bertz CT molecular complexity index is 940. The van der Waals surface area contributed by atoms with Gasteiger partial charge in [0.05, 0.1) is 0 Å². The molecule has 0 heterocycles. The number of benzene rings is 1. The molecule has 30 heavy (non-hydrogen) atoms. The third-order valence-corrected chi connectivity index (χ3v) is 5.61. The predicted octanol–water partition coefficient (Wildman–Crippen LogP) is 7.17. The molecule has 0 spiro atoms. The maximum atomic E-state index is 12.2. The first-order valence-corrected chi connectivity index (χ1v) is 10.6. The van der Waals surface area contributed by atoms with Gasteiger partial charge in [-0.2, -0.15) is 0 Å². The van der Waals surface area contributed by atoms with E-state index in [1.807, 2.05) is 26.0 Å². The Balaban J connectivity index is 1.97. The van der Waals surface area contributed by atoms with Crippen LogP contribution in [-0.4, -0.2) is 11.0 Å². The van der Waals surface area contributed by atoms with Crippen molar-refractivity contribution in [3.05, 3.63) is 82.5 Å². The monoisotopic (exact) mass is 405 g/mol. The van der Waals surface area contributed by atoms with Gasteiger partial charge in [0.25, 0.3) is 0 Å². The van der Waals surface area contributed by atoms with Crippen molar-refractivity contribution in [3.8, 4) is 5.75 Å². The van der Waals surface area contributed by atoms with E-state index >= 15 is 0 Å². The van der Waals surface area contributed by atoms with Crippen molar-refractivity contribution in [2.45, 2.75) is 60.8 Å². The first-order chi connectivity index (χ1) is 14.1. The molecular weight excluding hydrogens is 370 g/mol. The quantitative estimate of drug-likeness (QED) is 0.389. The number of nitrogens with one attached hydrogen (secondary N) is 1. The molecule has 3 nitrogen and oxygen atoms in total. The van der Waals surface area contributed by atoms with Crippen LogP contribution in [0.15, 0.2) is 76.9 Å². The third-order valence-electron chi connectivity index (χ3n) is 5.61. The van der Waals surface area contributed by atoms with E-state index in [1.54, 1.807) is 24.3 Å². The summed E-state index contributed by atoms with van der Waals surface area (Å²) in [6, 6.07) is 5.10. The molecule has 0 bridgehead atoms. The second-order valence-electron chi connectivity index (χ2n) is 8.91. The lowest BCUT2D eigenvalue weighted by Crippen LogP contribution is -2.19. The van der Waals surface area contributed by atoms with Crippen molar-refractivity contribution in [1.82, 2.24) is 0 Å². The molecule has 0 saturated carbocycles. The van der Waals surface area contributed by atoms with Gasteiger partial charge in [0.2, 0.25) is 5.91 Å². The molecule has 2 N–H and O–H groups in total. The van der Waals surface area contributed by atoms with Gasteiger partial charge in [-0.1, -0.05) is 61.4 Å². The molecule has 1 amide bonds. The van der Waals surface area contributed by atoms with E-state index in [9.17, 15) is 9.90 Å². The standard InChI is InChI=1S/C27H35NO2/c1-19(12-15-24-21(3)11-8-16-27(24,5)6)9-7-10-20(2)17-26(30)28-23-14-13-22(4)25(29)18-23/h7,9-10,12-15,17-18,29H,8,11,16H2,1-6H3,(H,28,30). The van der Waals surface area contributed by atoms with Crippen LogP contribution in [0.1, 0.15) is 59.4 Å². The van der Waals surface area contributed by atoms with Crippen LogP contribution < -0.4 is 5.32 Å². The average Bonchev–Trinajstić information content (AvgIpc) is 2.63. The Morgan fingerprint density at radius 1 is 1.13 bits per heavy atom. The number of allylic oxidation sites excluding steroid dienone is 9. The van der Waals surface area contributed by atoms with Crippen molar-refractivity contribution >= 4 is 11.6 Å². The van der Waals surface area contributed by atoms with E-state index in [1.165, 1.54) is 36.0 Å². The number of aromatic hydroxyl groups is 1. The number of anilines is 1. The Morgan fingerprint density at radius 3 is 2.53 bits per heavy atom. The number of aryl methyl sites for hydroxylation is 1. The van der Waals surface area contributed by atoms with Crippen LogP contribution in [0.3, 0.4) is 0 Å². The van der Waals surface area contributed by atoms with Crippen LogP contribution in [0.2, 0.25) is 0 Å². The Morgan fingerprint density at radius 2 is 1.87 bits per heavy atom. The second-order valence-corrected chi connectivity index (χ2v) is 8.91. The van der Waals surface area contributed by atoms with E-state index < -0.39 is 0 Å². The van der Waals surface area contributed by atoms with Crippen molar-refractivity contribution in [2.24, 2.45) is 5.41 Å². The summed E-state index contributed by atoms with van der Waals surface area (Å²) in [5, 5.41) is 12.5. The van der Waals surface area contributed by atoms with Gasteiger partial charge in [-0.05, 0) is 75.1 Å². The van der Waals surface area contributed by atoms with E-state index in [-0.39, 0.29) is 17.1 Å². The highest BCUT2D eigenvalue weighted by Crippen LogP contribution is 2.40. The van der Waals surface area contributed by atoms with Crippen molar-refractivity contribution in [2.75, 3.05) is 5.32 Å². The Hall–Kier alpha value is -2.81. The summed E-state index contributed by atoms with van der Waals surface area (Å²) in [5.74, 6) is -0.0485. The highest BCUT2D eigenvalue weighted by Gasteiger charge is 2.26. The number of carbonyl (C=O) groups is 1. The third kappa shape index (κ3) is 6.91. The lowest BCUT2D eigenvalue weighted by atomic mass is 9.72. The number of carbonyl (C=O) groups excluding carboxylic acids is 1. The van der Waals surface area contributed by atoms with Gasteiger partial charge in [-0.25, -0.2) is 0 Å². The Labute approximate surface area is 181 Å². The maximum Gasteiger partial charge on any atom is 0.248 e. The number of phenolic OH excluding ortho intramolecular Hbond substituents is 1. The number of rotatable bonds is 6. The van der Waals surface area contributed by atoms with Crippen LogP contribution in [0.5, 0.6) is 5.75 Å². The molecule has 160 valence electrons. The number of amides is 1. The lowest BCUT2D eigenvalue weighted by Gasteiger charge is -2.32. The zero-order valence-corrected chi connectivity index (χ0v) is 19.2. The summed E-state index contributed by atoms with van der Waals surface area (Å²) in [7, 11) is 0. The molecule has 0 aliphatic heterocycles. The van der Waals surface area contributed by atoms with E-state index in [4.69, 9.17) is 0 Å². The van der Waals surface area contributed by atoms with Crippen LogP contribution in [0, 0.1) is 12.3 Å². The molecule has 0 unspecified atom stereocenters. The van der Waals surface area contributed by atoms with Gasteiger partial charge in [-0.3, -0.25) is 4.79 Å². The summed E-state index contributed by atoms with van der Waals surface area (Å²) >= 11 is 0. The molecule has 0 aromatic heterocycles. The fourth-order valence-corrected chi connectivity index (χ4v) is 3.75. The van der Waals surface area contributed by atoms with Crippen molar-refractivity contribution in [3.63, 3.8) is 0 Å². The summed E-state index contributed by atoms with van der Waals surface area (Å²) in [6.07, 6.45) is 15.6. The summed E-state index contributed by atoms with van der Waals surface area (Å²) in [6.45, 7) is 12.7. The minimum absolute atomic E-state index is 0.171. The fourth-order valence-electron chi connectivity index (χ4n) is 3.75. The van der Waals surface area contributed by atoms with E-state index in [0.29, 0.717) is 5.69 Å². The maximum absolute atomic E-state index is 12.2. The highest BCUT2D eigenvalue weighted by atomic mass is 16.3. The van der Waals surface area contributed by atoms with E-state index in [2.05, 4.69) is 51.2 Å². The van der Waals surface area contributed by atoms with Crippen LogP contribution in [0.25, 0.3) is 0 Å². The fraction of sp³-hybridized carbons (Fsp3) is 0.370. The molecule has 0 saturated heterocycles. The molecule has 0 radical (unpaired) electrons. The summed E-state index contributed by atoms with van der Waals surface area (Å²) in [4.78, 5) is 12.2. The van der Waals surface area contributed by atoms with Gasteiger partial charge >= 0.3 is 0 Å². The van der Waals surface area contributed by atoms with Gasteiger partial charge < -0.3 is 10.4 Å². The van der Waals surface area contributed by atoms with Crippen molar-refractivity contribution in [1.29, 1.82) is 0 Å². The van der Waals surface area contributed by atoms with E-state index in [0.717, 1.165) is 11.1 Å². The molecule has 1 aliphatic carbocycles. The first-order valence-electron chi connectivity index (χ1n) is 10.6. The van der Waals surface area contributed by atoms with Crippen LogP contribution >= 0.6 is 0 Å². The molecule has 1 aromatic rings. The predicted molar refractivity (Wildman–Crippen MR) is 128 cm³/mol. The molecular formula is C27H35NO2. The topological polar surface area (TPSA) is 49.3 Å². The lowest BCUT2D eigenvalue weighted by molar-refractivity contribution is -0.111. The number of hydrogen-bond donors (Lipinski definition) is 2. The molecule has 0 fully saturated rings. The number of hydrogen-bond acceptors (Lipinski definition) is 2. The molecule has 1 aromatic carbocycles. The zero-order chi connectivity index (χ0) is 22.3. The van der Waals surface area contributed by atoms with Gasteiger partial charge in [0, 0.05) is 17.8 Å². The molecule has 0 atom stereocenters.